The SMILES string of the molecule is CCCn1c(C)nnc1SCC(=O)Nc1sc(C(=O)OC)c(C)c1C(=O)OC. The molecule has 2 aromatic rings. The number of aryl methyl sites for hydroxylation is 1. The molecule has 1 N–H and O–H groups in total. The Morgan fingerprint density at radius 1 is 1.14 bits per heavy atom. The van der Waals surface area contributed by atoms with Gasteiger partial charge in [-0.2, -0.15) is 0 Å². The first-order valence-electron chi connectivity index (χ1n) is 8.46. The summed E-state index contributed by atoms with van der Waals surface area (Å²) in [6.07, 6.45) is 0.923. The molecule has 9 nitrogen and oxygen atoms in total. The number of aromatic nitrogens is 3. The normalized spacial score (nSPS) is 10.6. The number of rotatable bonds is 8. The highest BCUT2D eigenvalue weighted by molar-refractivity contribution is 7.99. The fraction of sp³-hybridized carbons (Fsp3) is 0.471. The smallest absolute Gasteiger partial charge is 0.348 e. The number of esters is 2. The van der Waals surface area contributed by atoms with Crippen LogP contribution in [0.5, 0.6) is 0 Å². The summed E-state index contributed by atoms with van der Waals surface area (Å²) in [5, 5.41) is 11.7. The zero-order valence-corrected chi connectivity index (χ0v) is 18.0. The van der Waals surface area contributed by atoms with E-state index in [2.05, 4.69) is 15.5 Å². The van der Waals surface area contributed by atoms with Crippen LogP contribution in [-0.2, 0) is 20.8 Å². The summed E-state index contributed by atoms with van der Waals surface area (Å²) in [6, 6.07) is 0. The summed E-state index contributed by atoms with van der Waals surface area (Å²) in [5.74, 6) is -0.686. The van der Waals surface area contributed by atoms with E-state index < -0.39 is 11.9 Å². The number of anilines is 1. The Balaban J connectivity index is 2.17. The number of amides is 1. The van der Waals surface area contributed by atoms with Crippen molar-refractivity contribution in [3.63, 3.8) is 0 Å². The van der Waals surface area contributed by atoms with Crippen molar-refractivity contribution in [3.05, 3.63) is 21.8 Å². The maximum Gasteiger partial charge on any atom is 0.348 e. The van der Waals surface area contributed by atoms with E-state index in [1.807, 2.05) is 18.4 Å². The molecule has 0 aliphatic rings. The number of hydrogen-bond donors (Lipinski definition) is 1. The second-order valence-electron chi connectivity index (χ2n) is 5.76. The molecule has 1 amide bonds. The minimum atomic E-state index is -0.634. The molecule has 0 spiro atoms. The van der Waals surface area contributed by atoms with Gasteiger partial charge in [-0.15, -0.1) is 21.5 Å². The molecule has 2 aromatic heterocycles. The van der Waals surface area contributed by atoms with Crippen LogP contribution < -0.4 is 5.32 Å². The van der Waals surface area contributed by atoms with Crippen molar-refractivity contribution in [1.29, 1.82) is 0 Å². The van der Waals surface area contributed by atoms with Crippen LogP contribution in [-0.4, -0.2) is 52.6 Å². The molecule has 0 aliphatic carbocycles. The average Bonchev–Trinajstić information content (AvgIpc) is 3.19. The molecule has 0 saturated carbocycles. The zero-order valence-electron chi connectivity index (χ0n) is 16.3. The summed E-state index contributed by atoms with van der Waals surface area (Å²) >= 11 is 2.23. The van der Waals surface area contributed by atoms with E-state index in [1.165, 1.54) is 26.0 Å². The number of carbonyl (C=O) groups excluding carboxylic acids is 3. The van der Waals surface area contributed by atoms with Gasteiger partial charge in [0.05, 0.1) is 25.5 Å². The highest BCUT2D eigenvalue weighted by atomic mass is 32.2. The highest BCUT2D eigenvalue weighted by Crippen LogP contribution is 2.34. The first-order valence-corrected chi connectivity index (χ1v) is 10.3. The predicted molar refractivity (Wildman–Crippen MR) is 106 cm³/mol. The maximum absolute atomic E-state index is 12.4. The number of carbonyl (C=O) groups is 3. The lowest BCUT2D eigenvalue weighted by molar-refractivity contribution is -0.113. The lowest BCUT2D eigenvalue weighted by atomic mass is 10.1. The molecular formula is C17H22N4O5S2. The topological polar surface area (TPSA) is 112 Å². The van der Waals surface area contributed by atoms with Crippen molar-refractivity contribution in [3.8, 4) is 0 Å². The molecular weight excluding hydrogens is 404 g/mol. The molecule has 0 bridgehead atoms. The van der Waals surface area contributed by atoms with Gasteiger partial charge >= 0.3 is 11.9 Å². The highest BCUT2D eigenvalue weighted by Gasteiger charge is 2.26. The van der Waals surface area contributed by atoms with Crippen LogP contribution in [0.4, 0.5) is 5.00 Å². The Kier molecular flexibility index (Phi) is 7.58. The number of nitrogens with one attached hydrogen (secondary N) is 1. The number of thioether (sulfide) groups is 1. The summed E-state index contributed by atoms with van der Waals surface area (Å²) in [6.45, 7) is 6.28. The average molecular weight is 427 g/mol. The number of ether oxygens (including phenoxy) is 2. The maximum atomic E-state index is 12.4. The third-order valence-corrected chi connectivity index (χ3v) is 6.00. The summed E-state index contributed by atoms with van der Waals surface area (Å²) < 4.78 is 11.5. The fourth-order valence-electron chi connectivity index (χ4n) is 2.48. The molecule has 11 heteroatoms. The summed E-state index contributed by atoms with van der Waals surface area (Å²) in [4.78, 5) is 36.7. The molecule has 0 unspecified atom stereocenters. The van der Waals surface area contributed by atoms with Crippen molar-refractivity contribution in [1.82, 2.24) is 14.8 Å². The van der Waals surface area contributed by atoms with E-state index in [-0.39, 0.29) is 27.1 Å². The third-order valence-electron chi connectivity index (χ3n) is 3.84. The third kappa shape index (κ3) is 4.71. The standard InChI is InChI=1S/C17H22N4O5S2/c1-6-7-21-10(3)19-20-17(21)27-8-11(22)18-14-12(15(23)25-4)9(2)13(28-14)16(24)26-5/h6-8H2,1-5H3,(H,18,22). The van der Waals surface area contributed by atoms with Crippen LogP contribution in [0.15, 0.2) is 5.16 Å². The van der Waals surface area contributed by atoms with Crippen molar-refractivity contribution in [2.75, 3.05) is 25.3 Å². The number of hydrogen-bond acceptors (Lipinski definition) is 9. The van der Waals surface area contributed by atoms with Crippen LogP contribution in [0, 0.1) is 13.8 Å². The van der Waals surface area contributed by atoms with Crippen molar-refractivity contribution in [2.45, 2.75) is 38.9 Å². The minimum absolute atomic E-state index is 0.0764. The molecule has 152 valence electrons. The Morgan fingerprint density at radius 2 is 1.82 bits per heavy atom. The lowest BCUT2D eigenvalue weighted by Crippen LogP contribution is -2.16. The summed E-state index contributed by atoms with van der Waals surface area (Å²) in [7, 11) is 2.49. The zero-order chi connectivity index (χ0) is 20.8. The van der Waals surface area contributed by atoms with E-state index in [1.54, 1.807) is 6.92 Å². The second-order valence-corrected chi connectivity index (χ2v) is 7.72. The molecule has 0 aliphatic heterocycles. The molecule has 0 fully saturated rings. The van der Waals surface area contributed by atoms with Gasteiger partial charge in [-0.3, -0.25) is 4.79 Å². The van der Waals surface area contributed by atoms with Crippen molar-refractivity contribution >= 4 is 45.9 Å². The monoisotopic (exact) mass is 426 g/mol. The van der Waals surface area contributed by atoms with Crippen LogP contribution in [0.3, 0.4) is 0 Å². The number of methoxy groups -OCH3 is 2. The Bertz CT molecular complexity index is 890. The van der Waals surface area contributed by atoms with Gasteiger partial charge < -0.3 is 19.4 Å². The number of nitrogens with zero attached hydrogens (tertiary/aromatic N) is 3. The van der Waals surface area contributed by atoms with Crippen molar-refractivity contribution < 1.29 is 23.9 Å². The quantitative estimate of drug-likeness (QED) is 0.506. The second kappa shape index (κ2) is 9.69. The molecule has 28 heavy (non-hydrogen) atoms. The molecule has 0 atom stereocenters. The Labute approximate surface area is 170 Å². The predicted octanol–water partition coefficient (Wildman–Crippen LogP) is 2.67. The fourth-order valence-corrected chi connectivity index (χ4v) is 4.42. The molecule has 0 radical (unpaired) electrons. The molecule has 2 rings (SSSR count). The van der Waals surface area contributed by atoms with Gasteiger partial charge in [0.1, 0.15) is 15.7 Å². The van der Waals surface area contributed by atoms with Crippen LogP contribution in [0.25, 0.3) is 0 Å². The van der Waals surface area contributed by atoms with E-state index in [9.17, 15) is 14.4 Å². The van der Waals surface area contributed by atoms with E-state index in [0.29, 0.717) is 10.7 Å². The largest absolute Gasteiger partial charge is 0.465 e. The first-order chi connectivity index (χ1) is 13.3. The minimum Gasteiger partial charge on any atom is -0.465 e. The van der Waals surface area contributed by atoms with Crippen LogP contribution in [0.1, 0.15) is 44.8 Å². The molecule has 2 heterocycles. The van der Waals surface area contributed by atoms with E-state index in [0.717, 1.165) is 30.1 Å². The van der Waals surface area contributed by atoms with Gasteiger partial charge in [-0.1, -0.05) is 18.7 Å². The van der Waals surface area contributed by atoms with Crippen molar-refractivity contribution in [2.24, 2.45) is 0 Å². The van der Waals surface area contributed by atoms with Gasteiger partial charge in [-0.05, 0) is 25.8 Å². The van der Waals surface area contributed by atoms with Gasteiger partial charge in [0.15, 0.2) is 5.16 Å². The molecule has 0 saturated heterocycles. The van der Waals surface area contributed by atoms with Gasteiger partial charge in [0, 0.05) is 6.54 Å². The first kappa shape index (κ1) is 21.9. The summed E-state index contributed by atoms with van der Waals surface area (Å²) in [5.41, 5.74) is 0.557. The van der Waals surface area contributed by atoms with Gasteiger partial charge in [-0.25, -0.2) is 9.59 Å². The van der Waals surface area contributed by atoms with E-state index >= 15 is 0 Å². The van der Waals surface area contributed by atoms with Crippen LogP contribution >= 0.6 is 23.1 Å². The molecule has 0 aromatic carbocycles. The Hall–Kier alpha value is -2.40. The van der Waals surface area contributed by atoms with E-state index in [4.69, 9.17) is 9.47 Å². The number of thiophene rings is 1. The Morgan fingerprint density at radius 3 is 2.43 bits per heavy atom. The van der Waals surface area contributed by atoms with Crippen LogP contribution in [0.2, 0.25) is 0 Å². The lowest BCUT2D eigenvalue weighted by Gasteiger charge is -2.07. The van der Waals surface area contributed by atoms with Gasteiger partial charge in [0.2, 0.25) is 5.91 Å². The van der Waals surface area contributed by atoms with Gasteiger partial charge in [0.25, 0.3) is 0 Å².